The average Bonchev–Trinajstić information content (AvgIpc) is 2.88. The molecule has 0 fully saturated rings. The Kier molecular flexibility index (Phi) is 7.83. The zero-order valence-corrected chi connectivity index (χ0v) is 22.4. The van der Waals surface area contributed by atoms with Crippen molar-refractivity contribution in [1.29, 1.82) is 0 Å². The van der Waals surface area contributed by atoms with Crippen LogP contribution in [0.25, 0.3) is 22.3 Å². The summed E-state index contributed by atoms with van der Waals surface area (Å²) in [5, 5.41) is 0.390. The molecule has 0 spiro atoms. The molecule has 180 valence electrons. The highest BCUT2D eigenvalue weighted by atomic mass is 32.2. The van der Waals surface area contributed by atoms with E-state index in [1.807, 2.05) is 84.9 Å². The van der Waals surface area contributed by atoms with Crippen LogP contribution in [0.4, 0.5) is 0 Å². The molecule has 0 saturated heterocycles. The molecule has 0 bridgehead atoms. The average molecular weight is 501 g/mol. The molecule has 4 rings (SSSR count). The van der Waals surface area contributed by atoms with E-state index in [1.165, 1.54) is 5.56 Å². The van der Waals surface area contributed by atoms with Gasteiger partial charge in [0.15, 0.2) is 0 Å². The van der Waals surface area contributed by atoms with E-state index in [0.29, 0.717) is 21.0 Å². The summed E-state index contributed by atoms with van der Waals surface area (Å²) in [6.45, 7) is 8.64. The van der Waals surface area contributed by atoms with E-state index in [-0.39, 0.29) is 0 Å². The Morgan fingerprint density at radius 2 is 1.20 bits per heavy atom. The second-order valence-corrected chi connectivity index (χ2v) is 12.7. The van der Waals surface area contributed by atoms with E-state index in [4.69, 9.17) is 0 Å². The van der Waals surface area contributed by atoms with E-state index in [9.17, 15) is 8.42 Å². The summed E-state index contributed by atoms with van der Waals surface area (Å²) in [5.41, 5.74) is 5.16. The number of hydrogen-bond acceptors (Lipinski definition) is 3. The zero-order chi connectivity index (χ0) is 25.0. The van der Waals surface area contributed by atoms with Crippen LogP contribution in [0.15, 0.2) is 112 Å². The molecule has 0 aliphatic carbocycles. The third kappa shape index (κ3) is 5.55. The van der Waals surface area contributed by atoms with Gasteiger partial charge in [0.25, 0.3) is 0 Å². The van der Waals surface area contributed by atoms with Gasteiger partial charge in [-0.3, -0.25) is 0 Å². The monoisotopic (exact) mass is 500 g/mol. The number of thioether (sulfide) groups is 1. The van der Waals surface area contributed by atoms with Crippen LogP contribution in [-0.2, 0) is 9.84 Å². The molecule has 0 aromatic heterocycles. The zero-order valence-electron chi connectivity index (χ0n) is 20.7. The summed E-state index contributed by atoms with van der Waals surface area (Å²) in [5.74, 6) is 0.332. The van der Waals surface area contributed by atoms with Gasteiger partial charge in [0, 0.05) is 10.1 Å². The van der Waals surface area contributed by atoms with Crippen molar-refractivity contribution < 1.29 is 8.42 Å². The Labute approximate surface area is 214 Å². The Balaban J connectivity index is 1.85. The Morgan fingerprint density at radius 3 is 1.74 bits per heavy atom. The van der Waals surface area contributed by atoms with E-state index in [0.717, 1.165) is 33.6 Å². The summed E-state index contributed by atoms with van der Waals surface area (Å²) in [4.78, 5) is 1.73. The third-order valence-electron chi connectivity index (χ3n) is 6.27. The van der Waals surface area contributed by atoms with Gasteiger partial charge < -0.3 is 0 Å². The van der Waals surface area contributed by atoms with Crippen LogP contribution in [-0.4, -0.2) is 13.7 Å². The molecule has 0 aliphatic rings. The smallest absolute Gasteiger partial charge is 0.206 e. The normalized spacial score (nSPS) is 12.6. The number of hydrogen-bond donors (Lipinski definition) is 0. The summed E-state index contributed by atoms with van der Waals surface area (Å²) in [7, 11) is -3.70. The van der Waals surface area contributed by atoms with E-state index < -0.39 is 9.84 Å². The maximum atomic E-state index is 13.9. The van der Waals surface area contributed by atoms with E-state index in [1.54, 1.807) is 23.9 Å². The molecule has 0 amide bonds. The standard InChI is InChI=1S/C31H32O2S2/c1-5-23(4)28-18-16-26(20-29(28)24-12-8-6-9-13-24)35(32,33)27-17-19-31(34-22(2)3)30(21-27)25-14-10-7-11-15-25/h6-23H,5H2,1-4H3. The highest BCUT2D eigenvalue weighted by Crippen LogP contribution is 2.38. The molecule has 35 heavy (non-hydrogen) atoms. The van der Waals surface area contributed by atoms with Crippen LogP contribution in [0.1, 0.15) is 45.6 Å². The van der Waals surface area contributed by atoms with Crippen molar-refractivity contribution in [2.75, 3.05) is 0 Å². The lowest BCUT2D eigenvalue weighted by Gasteiger charge is -2.18. The maximum Gasteiger partial charge on any atom is 0.206 e. The second-order valence-electron chi connectivity index (χ2n) is 9.12. The first-order chi connectivity index (χ1) is 16.8. The Bertz CT molecular complexity index is 1390. The molecular weight excluding hydrogens is 468 g/mol. The molecule has 4 heteroatoms. The van der Waals surface area contributed by atoms with Gasteiger partial charge >= 0.3 is 0 Å². The van der Waals surface area contributed by atoms with Crippen molar-refractivity contribution in [2.45, 2.75) is 60.0 Å². The van der Waals surface area contributed by atoms with Gasteiger partial charge in [-0.25, -0.2) is 8.42 Å². The van der Waals surface area contributed by atoms with Gasteiger partial charge in [-0.15, -0.1) is 11.8 Å². The van der Waals surface area contributed by atoms with Crippen LogP contribution in [0, 0.1) is 0 Å². The topological polar surface area (TPSA) is 34.1 Å². The first kappa shape index (κ1) is 25.3. The molecule has 4 aromatic carbocycles. The first-order valence-corrected chi connectivity index (χ1v) is 14.5. The maximum absolute atomic E-state index is 13.9. The lowest BCUT2D eigenvalue weighted by Crippen LogP contribution is -2.05. The van der Waals surface area contributed by atoms with Gasteiger partial charge in [0.2, 0.25) is 9.84 Å². The molecule has 0 radical (unpaired) electrons. The van der Waals surface area contributed by atoms with E-state index >= 15 is 0 Å². The summed E-state index contributed by atoms with van der Waals surface area (Å²) < 4.78 is 27.8. The molecule has 0 heterocycles. The van der Waals surface area contributed by atoms with Crippen molar-refractivity contribution in [2.24, 2.45) is 0 Å². The third-order valence-corrected chi connectivity index (χ3v) is 9.10. The molecular formula is C31H32O2S2. The number of sulfone groups is 1. The SMILES string of the molecule is CCC(C)c1ccc(S(=O)(=O)c2ccc(SC(C)C)c(-c3ccccc3)c2)cc1-c1ccccc1. The van der Waals surface area contributed by atoms with E-state index in [2.05, 4.69) is 27.7 Å². The molecule has 2 nitrogen and oxygen atoms in total. The van der Waals surface area contributed by atoms with Gasteiger partial charge in [-0.05, 0) is 70.5 Å². The molecule has 1 atom stereocenters. The minimum atomic E-state index is -3.70. The first-order valence-electron chi connectivity index (χ1n) is 12.1. The fraction of sp³-hybridized carbons (Fsp3) is 0.226. The van der Waals surface area contributed by atoms with Crippen LogP contribution >= 0.6 is 11.8 Å². The highest BCUT2D eigenvalue weighted by Gasteiger charge is 2.22. The van der Waals surface area contributed by atoms with Crippen LogP contribution in [0.2, 0.25) is 0 Å². The van der Waals surface area contributed by atoms with Crippen molar-refractivity contribution in [3.63, 3.8) is 0 Å². The molecule has 0 aliphatic heterocycles. The Hall–Kier alpha value is -2.82. The molecule has 0 saturated carbocycles. The number of benzene rings is 4. The predicted octanol–water partition coefficient (Wildman–Crippen LogP) is 8.87. The van der Waals surface area contributed by atoms with Crippen molar-refractivity contribution >= 4 is 21.6 Å². The fourth-order valence-corrected chi connectivity index (χ4v) is 6.50. The van der Waals surface area contributed by atoms with Crippen LogP contribution in [0.5, 0.6) is 0 Å². The van der Waals surface area contributed by atoms with Crippen LogP contribution in [0.3, 0.4) is 0 Å². The minimum absolute atomic E-state index is 0.319. The quantitative estimate of drug-likeness (QED) is 0.227. The van der Waals surface area contributed by atoms with Gasteiger partial charge in [-0.1, -0.05) is 94.4 Å². The lowest BCUT2D eigenvalue weighted by molar-refractivity contribution is 0.596. The van der Waals surface area contributed by atoms with Crippen molar-refractivity contribution in [3.05, 3.63) is 103 Å². The summed E-state index contributed by atoms with van der Waals surface area (Å²) in [6, 6.07) is 31.2. The Morgan fingerprint density at radius 1 is 0.686 bits per heavy atom. The lowest BCUT2D eigenvalue weighted by atomic mass is 9.90. The molecule has 4 aromatic rings. The molecule has 0 N–H and O–H groups in total. The van der Waals surface area contributed by atoms with Gasteiger partial charge in [-0.2, -0.15) is 0 Å². The molecule has 1 unspecified atom stereocenters. The minimum Gasteiger partial charge on any atom is -0.219 e. The predicted molar refractivity (Wildman–Crippen MR) is 149 cm³/mol. The summed E-state index contributed by atoms with van der Waals surface area (Å²) in [6.07, 6.45) is 0.987. The fourth-order valence-electron chi connectivity index (χ4n) is 4.23. The number of rotatable bonds is 8. The van der Waals surface area contributed by atoms with Crippen LogP contribution < -0.4 is 0 Å². The van der Waals surface area contributed by atoms with Gasteiger partial charge in [0.05, 0.1) is 9.79 Å². The van der Waals surface area contributed by atoms with Gasteiger partial charge in [0.1, 0.15) is 0 Å². The summed E-state index contributed by atoms with van der Waals surface area (Å²) >= 11 is 1.75. The van der Waals surface area contributed by atoms with Crippen molar-refractivity contribution in [1.82, 2.24) is 0 Å². The second kappa shape index (κ2) is 10.8. The highest BCUT2D eigenvalue weighted by molar-refractivity contribution is 8.00. The van der Waals surface area contributed by atoms with Crippen molar-refractivity contribution in [3.8, 4) is 22.3 Å². The largest absolute Gasteiger partial charge is 0.219 e.